The van der Waals surface area contributed by atoms with Gasteiger partial charge in [-0.2, -0.15) is 5.26 Å². The van der Waals surface area contributed by atoms with E-state index in [1.807, 2.05) is 30.3 Å². The zero-order valence-corrected chi connectivity index (χ0v) is 11.3. The maximum absolute atomic E-state index is 13.6. The molecule has 2 heteroatoms. The van der Waals surface area contributed by atoms with Crippen LogP contribution in [0, 0.1) is 29.0 Å². The third-order valence-corrected chi connectivity index (χ3v) is 2.92. The lowest BCUT2D eigenvalue weighted by Crippen LogP contribution is -1.86. The van der Waals surface area contributed by atoms with Gasteiger partial charge in [-0.15, -0.1) is 0 Å². The molecular formula is C18H14FN. The van der Waals surface area contributed by atoms with Gasteiger partial charge in [0, 0.05) is 12.0 Å². The van der Waals surface area contributed by atoms with E-state index >= 15 is 0 Å². The second-order valence-electron chi connectivity index (χ2n) is 4.44. The van der Waals surface area contributed by atoms with E-state index in [4.69, 9.17) is 5.26 Å². The van der Waals surface area contributed by atoms with Crippen LogP contribution in [0.15, 0.2) is 42.5 Å². The minimum absolute atomic E-state index is 0.0656. The molecule has 1 nitrogen and oxygen atoms in total. The van der Waals surface area contributed by atoms with Crippen molar-refractivity contribution in [2.45, 2.75) is 19.8 Å². The maximum Gasteiger partial charge on any atom is 0.141 e. The van der Waals surface area contributed by atoms with E-state index < -0.39 is 5.82 Å². The molecule has 0 N–H and O–H groups in total. The summed E-state index contributed by atoms with van der Waals surface area (Å²) in [6.07, 6.45) is 1.94. The van der Waals surface area contributed by atoms with Crippen LogP contribution in [-0.4, -0.2) is 0 Å². The smallest absolute Gasteiger partial charge is 0.141 e. The van der Waals surface area contributed by atoms with Crippen molar-refractivity contribution in [1.82, 2.24) is 0 Å². The Bertz CT molecular complexity index is 697. The average molecular weight is 263 g/mol. The minimum Gasteiger partial charge on any atom is -0.206 e. The molecule has 0 saturated heterocycles. The Morgan fingerprint density at radius 2 is 1.75 bits per heavy atom. The maximum atomic E-state index is 13.6. The van der Waals surface area contributed by atoms with Crippen LogP contribution in [0.25, 0.3) is 11.1 Å². The van der Waals surface area contributed by atoms with E-state index in [1.165, 1.54) is 12.1 Å². The second-order valence-corrected chi connectivity index (χ2v) is 4.44. The van der Waals surface area contributed by atoms with Crippen LogP contribution in [0.2, 0.25) is 0 Å². The first-order valence-electron chi connectivity index (χ1n) is 6.53. The van der Waals surface area contributed by atoms with Gasteiger partial charge in [-0.3, -0.25) is 0 Å². The Labute approximate surface area is 118 Å². The third-order valence-electron chi connectivity index (χ3n) is 2.92. The molecule has 0 bridgehead atoms. The lowest BCUT2D eigenvalue weighted by atomic mass is 10.0. The average Bonchev–Trinajstić information content (AvgIpc) is 2.48. The Hall–Kier alpha value is -2.58. The van der Waals surface area contributed by atoms with Gasteiger partial charge in [0.15, 0.2) is 0 Å². The lowest BCUT2D eigenvalue weighted by molar-refractivity contribution is 0.624. The van der Waals surface area contributed by atoms with E-state index in [1.54, 1.807) is 6.07 Å². The van der Waals surface area contributed by atoms with Crippen LogP contribution >= 0.6 is 0 Å². The molecule has 2 aromatic carbocycles. The van der Waals surface area contributed by atoms with Gasteiger partial charge < -0.3 is 0 Å². The van der Waals surface area contributed by atoms with E-state index in [2.05, 4.69) is 18.8 Å². The van der Waals surface area contributed by atoms with Gasteiger partial charge in [-0.1, -0.05) is 37.0 Å². The summed E-state index contributed by atoms with van der Waals surface area (Å²) in [5, 5.41) is 8.71. The summed E-state index contributed by atoms with van der Waals surface area (Å²) < 4.78 is 13.6. The summed E-state index contributed by atoms with van der Waals surface area (Å²) in [6, 6.07) is 14.1. The molecule has 20 heavy (non-hydrogen) atoms. The summed E-state index contributed by atoms with van der Waals surface area (Å²) in [5.74, 6) is 5.69. The van der Waals surface area contributed by atoms with Crippen LogP contribution in [0.3, 0.4) is 0 Å². The standard InChI is InChI=1S/C18H14FN/c1-2-3-4-5-14-6-8-15(9-7-14)16-10-11-17(13-20)18(19)12-16/h6-12H,2-3H2,1H3. The monoisotopic (exact) mass is 263 g/mol. The minimum atomic E-state index is -0.489. The van der Waals surface area contributed by atoms with Crippen molar-refractivity contribution in [1.29, 1.82) is 5.26 Å². The van der Waals surface area contributed by atoms with Crippen molar-refractivity contribution < 1.29 is 4.39 Å². The molecule has 0 spiro atoms. The fraction of sp³-hybridized carbons (Fsp3) is 0.167. The van der Waals surface area contributed by atoms with Crippen molar-refractivity contribution >= 4 is 0 Å². The molecule has 2 aromatic rings. The Morgan fingerprint density at radius 3 is 2.35 bits per heavy atom. The second kappa shape index (κ2) is 6.55. The predicted molar refractivity (Wildman–Crippen MR) is 78.3 cm³/mol. The quantitative estimate of drug-likeness (QED) is 0.731. The van der Waals surface area contributed by atoms with Gasteiger partial charge in [0.2, 0.25) is 0 Å². The van der Waals surface area contributed by atoms with Gasteiger partial charge in [0.25, 0.3) is 0 Å². The number of benzene rings is 2. The summed E-state index contributed by atoms with van der Waals surface area (Å²) in [5.41, 5.74) is 2.69. The van der Waals surface area contributed by atoms with Gasteiger partial charge in [0.1, 0.15) is 11.9 Å². The zero-order chi connectivity index (χ0) is 14.4. The van der Waals surface area contributed by atoms with Crippen LogP contribution in [-0.2, 0) is 0 Å². The van der Waals surface area contributed by atoms with Crippen molar-refractivity contribution in [2.24, 2.45) is 0 Å². The fourth-order valence-electron chi connectivity index (χ4n) is 1.82. The Kier molecular flexibility index (Phi) is 4.53. The van der Waals surface area contributed by atoms with Crippen LogP contribution in [0.5, 0.6) is 0 Å². The summed E-state index contributed by atoms with van der Waals surface area (Å²) >= 11 is 0. The molecule has 0 radical (unpaired) electrons. The molecule has 0 aliphatic carbocycles. The number of hydrogen-bond donors (Lipinski definition) is 0. The third kappa shape index (κ3) is 3.25. The van der Waals surface area contributed by atoms with Gasteiger partial charge >= 0.3 is 0 Å². The van der Waals surface area contributed by atoms with E-state index in [0.717, 1.165) is 29.5 Å². The molecule has 0 heterocycles. The van der Waals surface area contributed by atoms with Crippen LogP contribution in [0.1, 0.15) is 30.9 Å². The largest absolute Gasteiger partial charge is 0.206 e. The van der Waals surface area contributed by atoms with Crippen molar-refractivity contribution in [2.75, 3.05) is 0 Å². The van der Waals surface area contributed by atoms with E-state index in [0.29, 0.717) is 0 Å². The first kappa shape index (κ1) is 13.8. The topological polar surface area (TPSA) is 23.8 Å². The SMILES string of the molecule is CCCC#Cc1ccc(-c2ccc(C#N)c(F)c2)cc1. The number of nitrogens with zero attached hydrogens (tertiary/aromatic N) is 1. The van der Waals surface area contributed by atoms with E-state index in [9.17, 15) is 4.39 Å². The number of hydrogen-bond acceptors (Lipinski definition) is 1. The molecule has 0 aromatic heterocycles. The highest BCUT2D eigenvalue weighted by molar-refractivity contribution is 5.65. The molecule has 0 atom stereocenters. The fourth-order valence-corrected chi connectivity index (χ4v) is 1.82. The van der Waals surface area contributed by atoms with Crippen LogP contribution < -0.4 is 0 Å². The predicted octanol–water partition coefficient (Wildman–Crippen LogP) is 4.52. The molecule has 0 saturated carbocycles. The molecule has 2 rings (SSSR count). The molecule has 0 aliphatic rings. The molecule has 0 aliphatic heterocycles. The number of unbranched alkanes of at least 4 members (excludes halogenated alkanes) is 1. The van der Waals surface area contributed by atoms with Crippen molar-refractivity contribution in [3.63, 3.8) is 0 Å². The lowest BCUT2D eigenvalue weighted by Gasteiger charge is -2.03. The summed E-state index contributed by atoms with van der Waals surface area (Å²) in [4.78, 5) is 0. The zero-order valence-electron chi connectivity index (χ0n) is 11.3. The van der Waals surface area contributed by atoms with Gasteiger partial charge in [-0.25, -0.2) is 4.39 Å². The molecule has 0 fully saturated rings. The highest BCUT2D eigenvalue weighted by Gasteiger charge is 2.04. The van der Waals surface area contributed by atoms with E-state index in [-0.39, 0.29) is 5.56 Å². The number of rotatable bonds is 2. The Morgan fingerprint density at radius 1 is 1.05 bits per heavy atom. The number of halogens is 1. The number of nitriles is 1. The van der Waals surface area contributed by atoms with Gasteiger partial charge in [0.05, 0.1) is 5.56 Å². The molecule has 0 unspecified atom stereocenters. The molecular weight excluding hydrogens is 249 g/mol. The molecule has 98 valence electrons. The normalized spacial score (nSPS) is 9.45. The highest BCUT2D eigenvalue weighted by atomic mass is 19.1. The van der Waals surface area contributed by atoms with Crippen LogP contribution in [0.4, 0.5) is 4.39 Å². The first-order valence-corrected chi connectivity index (χ1v) is 6.53. The summed E-state index contributed by atoms with van der Waals surface area (Å²) in [6.45, 7) is 2.09. The van der Waals surface area contributed by atoms with Gasteiger partial charge in [-0.05, 0) is 41.8 Å². The molecule has 0 amide bonds. The highest BCUT2D eigenvalue weighted by Crippen LogP contribution is 2.22. The first-order chi connectivity index (χ1) is 9.74. The Balaban J connectivity index is 2.25. The van der Waals surface area contributed by atoms with Crippen molar-refractivity contribution in [3.05, 3.63) is 59.4 Å². The summed E-state index contributed by atoms with van der Waals surface area (Å²) in [7, 11) is 0. The van der Waals surface area contributed by atoms with Crippen molar-refractivity contribution in [3.8, 4) is 29.0 Å².